The van der Waals surface area contributed by atoms with Gasteiger partial charge >= 0.3 is 6.36 Å². The smallest absolute Gasteiger partial charge is 0.468 e. The fourth-order valence-corrected chi connectivity index (χ4v) is 3.51. The maximum absolute atomic E-state index is 12.3. The monoisotopic (exact) mass is 466 g/mol. The third-order valence-electron chi connectivity index (χ3n) is 3.99. The Morgan fingerprint density at radius 1 is 1.03 bits per heavy atom. The molecule has 3 rings (SSSR count). The average Bonchev–Trinajstić information content (AvgIpc) is 3.25. The molecule has 168 valence electrons. The van der Waals surface area contributed by atoms with Gasteiger partial charge in [-0.2, -0.15) is 0 Å². The highest BCUT2D eigenvalue weighted by Gasteiger charge is 2.30. The molecule has 3 aromatic rings. The zero-order valence-corrected chi connectivity index (χ0v) is 17.1. The molecule has 0 atom stereocenters. The van der Waals surface area contributed by atoms with Gasteiger partial charge in [-0.3, -0.25) is 4.79 Å². The third-order valence-corrected chi connectivity index (χ3v) is 5.41. The van der Waals surface area contributed by atoms with E-state index in [1.54, 1.807) is 12.1 Å². The molecule has 0 aliphatic rings. The summed E-state index contributed by atoms with van der Waals surface area (Å²) >= 11 is 0. The first-order valence-corrected chi connectivity index (χ1v) is 10.6. The number of carbonyl (C=O) groups is 1. The molecule has 2 aromatic carbocycles. The number of hydrogen-bond acceptors (Lipinski definition) is 5. The molecule has 11 heteroatoms. The minimum atomic E-state index is -4.79. The fraction of sp³-hybridized carbons (Fsp3) is 0.0952. The van der Waals surface area contributed by atoms with Crippen LogP contribution in [0, 0.1) is 0 Å². The number of alkyl halides is 3. The van der Waals surface area contributed by atoms with E-state index >= 15 is 0 Å². The number of hydrogen-bond donors (Lipinski definition) is 2. The Labute approximate surface area is 181 Å². The van der Waals surface area contributed by atoms with Gasteiger partial charge in [-0.1, -0.05) is 12.1 Å². The van der Waals surface area contributed by atoms with Crippen molar-refractivity contribution in [2.45, 2.75) is 17.8 Å². The molecular formula is C21H17F3N2O5S. The number of halogens is 3. The topological polar surface area (TPSA) is 97.6 Å². The van der Waals surface area contributed by atoms with Crippen molar-refractivity contribution in [2.24, 2.45) is 0 Å². The predicted molar refractivity (Wildman–Crippen MR) is 110 cm³/mol. The van der Waals surface area contributed by atoms with Crippen LogP contribution in [-0.2, 0) is 21.4 Å². The summed E-state index contributed by atoms with van der Waals surface area (Å²) < 4.78 is 72.3. The van der Waals surface area contributed by atoms with E-state index in [9.17, 15) is 26.4 Å². The van der Waals surface area contributed by atoms with E-state index in [0.717, 1.165) is 12.1 Å². The van der Waals surface area contributed by atoms with Crippen LogP contribution in [0.3, 0.4) is 0 Å². The van der Waals surface area contributed by atoms with E-state index in [1.807, 2.05) is 0 Å². The Morgan fingerprint density at radius 3 is 2.31 bits per heavy atom. The summed E-state index contributed by atoms with van der Waals surface area (Å²) in [6, 6.07) is 13.8. The second-order valence-electron chi connectivity index (χ2n) is 6.37. The number of furan rings is 1. The maximum Gasteiger partial charge on any atom is 0.573 e. The molecule has 0 fully saturated rings. The molecule has 0 saturated heterocycles. The highest BCUT2D eigenvalue weighted by atomic mass is 32.2. The molecule has 32 heavy (non-hydrogen) atoms. The van der Waals surface area contributed by atoms with Crippen molar-refractivity contribution < 1.29 is 35.5 Å². The van der Waals surface area contributed by atoms with Crippen LogP contribution in [0.15, 0.2) is 82.3 Å². The minimum absolute atomic E-state index is 0.0144. The molecule has 1 amide bonds. The first-order valence-electron chi connectivity index (χ1n) is 9.08. The first-order chi connectivity index (χ1) is 15.1. The Balaban J connectivity index is 1.55. The second-order valence-corrected chi connectivity index (χ2v) is 8.13. The Bertz CT molecular complexity index is 1170. The molecule has 1 heterocycles. The maximum atomic E-state index is 12.3. The summed E-state index contributed by atoms with van der Waals surface area (Å²) in [5, 5.41) is 2.49. The summed E-state index contributed by atoms with van der Waals surface area (Å²) in [6.45, 7) is 0.0144. The van der Waals surface area contributed by atoms with Gasteiger partial charge in [0.25, 0.3) is 0 Å². The molecule has 0 aliphatic heterocycles. The predicted octanol–water partition coefficient (Wildman–Crippen LogP) is 4.31. The Morgan fingerprint density at radius 2 is 1.72 bits per heavy atom. The summed E-state index contributed by atoms with van der Waals surface area (Å²) in [5.74, 6) is -0.451. The fourth-order valence-electron chi connectivity index (χ4n) is 2.52. The van der Waals surface area contributed by atoms with Crippen LogP contribution in [0.1, 0.15) is 11.3 Å². The summed E-state index contributed by atoms with van der Waals surface area (Å²) in [5.41, 5.74) is 0.845. The van der Waals surface area contributed by atoms with Crippen LogP contribution in [0.25, 0.3) is 6.08 Å². The molecule has 0 aliphatic carbocycles. The van der Waals surface area contributed by atoms with Gasteiger partial charge in [0.2, 0.25) is 15.9 Å². The van der Waals surface area contributed by atoms with Gasteiger partial charge in [0.1, 0.15) is 11.5 Å². The SMILES string of the molecule is O=C(/C=C/c1ccc(S(=O)(=O)NCc2ccco2)cc1)Nc1ccc(OC(F)(F)F)cc1. The van der Waals surface area contributed by atoms with E-state index in [4.69, 9.17) is 4.42 Å². The molecule has 0 saturated carbocycles. The van der Waals surface area contributed by atoms with Crippen molar-refractivity contribution >= 4 is 27.7 Å². The van der Waals surface area contributed by atoms with Gasteiger partial charge < -0.3 is 14.5 Å². The quantitative estimate of drug-likeness (QED) is 0.482. The lowest BCUT2D eigenvalue weighted by Crippen LogP contribution is -2.22. The molecule has 7 nitrogen and oxygen atoms in total. The van der Waals surface area contributed by atoms with E-state index < -0.39 is 28.0 Å². The highest BCUT2D eigenvalue weighted by molar-refractivity contribution is 7.89. The van der Waals surface area contributed by atoms with Crippen molar-refractivity contribution in [2.75, 3.05) is 5.32 Å². The van der Waals surface area contributed by atoms with E-state index in [-0.39, 0.29) is 17.1 Å². The van der Waals surface area contributed by atoms with Crippen LogP contribution < -0.4 is 14.8 Å². The summed E-state index contributed by atoms with van der Waals surface area (Å²) in [4.78, 5) is 12.0. The standard InChI is InChI=1S/C21H17F3N2O5S/c22-21(23,24)31-17-8-6-16(7-9-17)26-20(27)12-5-15-3-10-19(11-4-15)32(28,29)25-14-18-2-1-13-30-18/h1-13,25H,14H2,(H,26,27)/b12-5+. The lowest BCUT2D eigenvalue weighted by Gasteiger charge is -2.09. The van der Waals surface area contributed by atoms with Crippen LogP contribution in [0.2, 0.25) is 0 Å². The second kappa shape index (κ2) is 9.71. The lowest BCUT2D eigenvalue weighted by molar-refractivity contribution is -0.274. The number of carbonyl (C=O) groups excluding carboxylic acids is 1. The average molecular weight is 466 g/mol. The molecular weight excluding hydrogens is 449 g/mol. The molecule has 0 bridgehead atoms. The minimum Gasteiger partial charge on any atom is -0.468 e. The number of sulfonamides is 1. The van der Waals surface area contributed by atoms with Crippen LogP contribution in [0.5, 0.6) is 5.75 Å². The summed E-state index contributed by atoms with van der Waals surface area (Å²) in [6.07, 6.45) is -0.682. The summed E-state index contributed by atoms with van der Waals surface area (Å²) in [7, 11) is -3.73. The van der Waals surface area contributed by atoms with E-state index in [0.29, 0.717) is 11.3 Å². The van der Waals surface area contributed by atoms with E-state index in [2.05, 4.69) is 14.8 Å². The normalized spacial score (nSPS) is 12.1. The highest BCUT2D eigenvalue weighted by Crippen LogP contribution is 2.24. The van der Waals surface area contributed by atoms with Crippen molar-refractivity contribution in [1.29, 1.82) is 0 Å². The number of anilines is 1. The number of rotatable bonds is 8. The molecule has 0 radical (unpaired) electrons. The molecule has 2 N–H and O–H groups in total. The number of amides is 1. The van der Waals surface area contributed by atoms with Crippen molar-refractivity contribution in [3.05, 3.63) is 84.3 Å². The zero-order valence-electron chi connectivity index (χ0n) is 16.3. The largest absolute Gasteiger partial charge is 0.573 e. The van der Waals surface area contributed by atoms with Gasteiger partial charge in [-0.25, -0.2) is 13.1 Å². The van der Waals surface area contributed by atoms with Crippen molar-refractivity contribution in [3.8, 4) is 5.75 Å². The number of ether oxygens (including phenoxy) is 1. The lowest BCUT2D eigenvalue weighted by atomic mass is 10.2. The van der Waals surface area contributed by atoms with Crippen LogP contribution in [0.4, 0.5) is 18.9 Å². The third kappa shape index (κ3) is 7.00. The van der Waals surface area contributed by atoms with E-state index in [1.165, 1.54) is 54.8 Å². The van der Waals surface area contributed by atoms with Gasteiger partial charge in [0.05, 0.1) is 17.7 Å². The van der Waals surface area contributed by atoms with Crippen LogP contribution >= 0.6 is 0 Å². The first kappa shape index (κ1) is 23.1. The number of nitrogens with one attached hydrogen (secondary N) is 2. The molecule has 1 aromatic heterocycles. The van der Waals surface area contributed by atoms with Crippen LogP contribution in [-0.4, -0.2) is 20.7 Å². The van der Waals surface area contributed by atoms with Gasteiger partial charge in [0, 0.05) is 11.8 Å². The zero-order chi connectivity index (χ0) is 23.2. The molecule has 0 unspecified atom stereocenters. The van der Waals surface area contributed by atoms with Gasteiger partial charge in [-0.15, -0.1) is 13.2 Å². The Kier molecular flexibility index (Phi) is 7.01. The number of benzene rings is 2. The van der Waals surface area contributed by atoms with Gasteiger partial charge in [0.15, 0.2) is 0 Å². The van der Waals surface area contributed by atoms with Gasteiger partial charge in [-0.05, 0) is 60.2 Å². The van der Waals surface area contributed by atoms with Crippen molar-refractivity contribution in [3.63, 3.8) is 0 Å². The Hall–Kier alpha value is -3.57. The van der Waals surface area contributed by atoms with Crippen molar-refractivity contribution in [1.82, 2.24) is 4.72 Å². The molecule has 0 spiro atoms.